The zero-order valence-corrected chi connectivity index (χ0v) is 15.8. The normalized spacial score (nSPS) is 15.8. The molecule has 0 unspecified atom stereocenters. The van der Waals surface area contributed by atoms with Gasteiger partial charge in [-0.3, -0.25) is 4.79 Å². The van der Waals surface area contributed by atoms with Gasteiger partial charge in [-0.2, -0.15) is 0 Å². The molecule has 3 amide bonds. The summed E-state index contributed by atoms with van der Waals surface area (Å²) in [5.41, 5.74) is 0.726. The van der Waals surface area contributed by atoms with Crippen LogP contribution in [0.25, 0.3) is 0 Å². The van der Waals surface area contributed by atoms with Crippen LogP contribution in [0.15, 0.2) is 42.5 Å². The minimum Gasteiger partial charge on any atom is -0.454 e. The van der Waals surface area contributed by atoms with E-state index in [0.29, 0.717) is 36.8 Å². The molecule has 8 heteroatoms. The molecular formula is C21H22FN3O4. The van der Waals surface area contributed by atoms with E-state index in [1.807, 2.05) is 0 Å². The Kier molecular flexibility index (Phi) is 5.50. The van der Waals surface area contributed by atoms with E-state index in [-0.39, 0.29) is 30.2 Å². The van der Waals surface area contributed by atoms with Crippen molar-refractivity contribution in [2.75, 3.05) is 31.7 Å². The number of rotatable bonds is 4. The Labute approximate surface area is 167 Å². The summed E-state index contributed by atoms with van der Waals surface area (Å²) < 4.78 is 24.4. The van der Waals surface area contributed by atoms with Gasteiger partial charge in [0.15, 0.2) is 11.5 Å². The molecule has 0 radical (unpaired) electrons. The van der Waals surface area contributed by atoms with E-state index in [0.717, 1.165) is 12.8 Å². The largest absolute Gasteiger partial charge is 0.454 e. The molecule has 2 N–H and O–H groups in total. The van der Waals surface area contributed by atoms with E-state index in [2.05, 4.69) is 10.6 Å². The molecule has 7 nitrogen and oxygen atoms in total. The first-order chi connectivity index (χ1) is 14.1. The van der Waals surface area contributed by atoms with Crippen LogP contribution in [-0.2, 0) is 0 Å². The van der Waals surface area contributed by atoms with Crippen LogP contribution in [0.1, 0.15) is 23.2 Å². The summed E-state index contributed by atoms with van der Waals surface area (Å²) in [6.45, 7) is 1.79. The fraction of sp³-hybridized carbons (Fsp3) is 0.333. The molecule has 2 aliphatic heterocycles. The lowest BCUT2D eigenvalue weighted by molar-refractivity contribution is 0.0686. The molecule has 1 fully saturated rings. The van der Waals surface area contributed by atoms with E-state index >= 15 is 0 Å². The van der Waals surface area contributed by atoms with Gasteiger partial charge in [0.1, 0.15) is 5.82 Å². The number of carbonyl (C=O) groups is 2. The highest BCUT2D eigenvalue weighted by atomic mass is 19.1. The van der Waals surface area contributed by atoms with E-state index in [4.69, 9.17) is 9.47 Å². The molecule has 152 valence electrons. The SMILES string of the molecule is O=C(NCC1CCN(C(=O)c2ccccc2F)CC1)Nc1ccc2c(c1)OCO2. The molecule has 0 saturated carbocycles. The van der Waals surface area contributed by atoms with Crippen molar-refractivity contribution in [3.05, 3.63) is 53.8 Å². The van der Waals surface area contributed by atoms with Crippen LogP contribution in [0, 0.1) is 11.7 Å². The highest BCUT2D eigenvalue weighted by Crippen LogP contribution is 2.34. The highest BCUT2D eigenvalue weighted by Gasteiger charge is 2.25. The van der Waals surface area contributed by atoms with Crippen molar-refractivity contribution in [2.24, 2.45) is 5.92 Å². The average Bonchev–Trinajstić information content (AvgIpc) is 3.20. The minimum atomic E-state index is -0.499. The minimum absolute atomic E-state index is 0.104. The molecule has 4 rings (SSSR count). The first-order valence-electron chi connectivity index (χ1n) is 9.58. The van der Waals surface area contributed by atoms with Crippen molar-refractivity contribution in [3.63, 3.8) is 0 Å². The lowest BCUT2D eigenvalue weighted by Crippen LogP contribution is -2.42. The number of urea groups is 1. The second-order valence-electron chi connectivity index (χ2n) is 7.12. The summed E-state index contributed by atoms with van der Waals surface area (Å²) >= 11 is 0. The van der Waals surface area contributed by atoms with Crippen LogP contribution in [0.3, 0.4) is 0 Å². The van der Waals surface area contributed by atoms with Crippen molar-refractivity contribution >= 4 is 17.6 Å². The van der Waals surface area contributed by atoms with Crippen LogP contribution in [0.4, 0.5) is 14.9 Å². The number of likely N-dealkylation sites (tertiary alicyclic amines) is 1. The Hall–Kier alpha value is -3.29. The van der Waals surface area contributed by atoms with E-state index in [1.165, 1.54) is 12.1 Å². The first kappa shape index (κ1) is 19.0. The molecule has 0 spiro atoms. The Morgan fingerprint density at radius 1 is 1.07 bits per heavy atom. The van der Waals surface area contributed by atoms with Crippen molar-refractivity contribution in [2.45, 2.75) is 12.8 Å². The molecule has 0 aromatic heterocycles. The maximum atomic E-state index is 13.8. The van der Waals surface area contributed by atoms with Gasteiger partial charge in [0.05, 0.1) is 5.56 Å². The molecular weight excluding hydrogens is 377 g/mol. The number of piperidine rings is 1. The molecule has 1 saturated heterocycles. The topological polar surface area (TPSA) is 79.9 Å². The van der Waals surface area contributed by atoms with Crippen LogP contribution in [0.5, 0.6) is 11.5 Å². The summed E-state index contributed by atoms with van der Waals surface area (Å²) in [7, 11) is 0. The standard InChI is InChI=1S/C21H22FN3O4/c22-17-4-2-1-3-16(17)20(26)25-9-7-14(8-10-25)12-23-21(27)24-15-5-6-18-19(11-15)29-13-28-18/h1-6,11,14H,7-10,12-13H2,(H2,23,24,27). The van der Waals surface area contributed by atoms with Crippen LogP contribution in [-0.4, -0.2) is 43.3 Å². The van der Waals surface area contributed by atoms with Crippen molar-refractivity contribution in [3.8, 4) is 11.5 Å². The van der Waals surface area contributed by atoms with Crippen molar-refractivity contribution in [1.29, 1.82) is 0 Å². The smallest absolute Gasteiger partial charge is 0.319 e. The van der Waals surface area contributed by atoms with Crippen molar-refractivity contribution < 1.29 is 23.5 Å². The van der Waals surface area contributed by atoms with Gasteiger partial charge in [-0.25, -0.2) is 9.18 Å². The maximum Gasteiger partial charge on any atom is 0.319 e. The highest BCUT2D eigenvalue weighted by molar-refractivity contribution is 5.94. The molecule has 2 aromatic carbocycles. The summed E-state index contributed by atoms with van der Waals surface area (Å²) in [6, 6.07) is 10.9. The predicted molar refractivity (Wildman–Crippen MR) is 105 cm³/mol. The molecule has 2 heterocycles. The van der Waals surface area contributed by atoms with Gasteiger partial charge >= 0.3 is 6.03 Å². The number of halogens is 1. The van der Waals surface area contributed by atoms with Gasteiger partial charge in [-0.05, 0) is 43.0 Å². The quantitative estimate of drug-likeness (QED) is 0.827. The van der Waals surface area contributed by atoms with Crippen LogP contribution >= 0.6 is 0 Å². The number of hydrogen-bond donors (Lipinski definition) is 2. The van der Waals surface area contributed by atoms with Gasteiger partial charge in [0.2, 0.25) is 6.79 Å². The molecule has 2 aromatic rings. The lowest BCUT2D eigenvalue weighted by Gasteiger charge is -2.32. The summed E-state index contributed by atoms with van der Waals surface area (Å²) in [5, 5.41) is 5.64. The second kappa shape index (κ2) is 8.38. The number of carbonyl (C=O) groups excluding carboxylic acids is 2. The zero-order chi connectivity index (χ0) is 20.2. The summed E-state index contributed by atoms with van der Waals surface area (Å²) in [4.78, 5) is 26.3. The molecule has 0 bridgehead atoms. The predicted octanol–water partition coefficient (Wildman–Crippen LogP) is 3.23. The fourth-order valence-electron chi connectivity index (χ4n) is 3.53. The Balaban J connectivity index is 1.22. The van der Waals surface area contributed by atoms with E-state index < -0.39 is 5.82 Å². The van der Waals surface area contributed by atoms with Gasteiger partial charge in [-0.15, -0.1) is 0 Å². The Bertz CT molecular complexity index is 913. The first-order valence-corrected chi connectivity index (χ1v) is 9.58. The Morgan fingerprint density at radius 2 is 1.83 bits per heavy atom. The third-order valence-corrected chi connectivity index (χ3v) is 5.19. The summed E-state index contributed by atoms with van der Waals surface area (Å²) in [6.07, 6.45) is 1.51. The number of anilines is 1. The summed E-state index contributed by atoms with van der Waals surface area (Å²) in [5.74, 6) is 0.751. The third-order valence-electron chi connectivity index (χ3n) is 5.19. The monoisotopic (exact) mass is 399 g/mol. The van der Waals surface area contributed by atoms with Crippen molar-refractivity contribution in [1.82, 2.24) is 10.2 Å². The molecule has 29 heavy (non-hydrogen) atoms. The molecule has 0 atom stereocenters. The number of fused-ring (bicyclic) bond motifs is 1. The second-order valence-corrected chi connectivity index (χ2v) is 7.12. The van der Waals surface area contributed by atoms with Gasteiger partial charge < -0.3 is 25.0 Å². The third kappa shape index (κ3) is 4.42. The van der Waals surface area contributed by atoms with Gasteiger partial charge in [0, 0.05) is 31.4 Å². The lowest BCUT2D eigenvalue weighted by atomic mass is 9.96. The number of hydrogen-bond acceptors (Lipinski definition) is 4. The number of ether oxygens (including phenoxy) is 2. The molecule has 0 aliphatic carbocycles. The Morgan fingerprint density at radius 3 is 2.62 bits per heavy atom. The van der Waals surface area contributed by atoms with E-state index in [1.54, 1.807) is 35.2 Å². The number of nitrogens with one attached hydrogen (secondary N) is 2. The van der Waals surface area contributed by atoms with Gasteiger partial charge in [0.25, 0.3) is 5.91 Å². The van der Waals surface area contributed by atoms with Gasteiger partial charge in [-0.1, -0.05) is 12.1 Å². The van der Waals surface area contributed by atoms with Crippen LogP contribution in [0.2, 0.25) is 0 Å². The van der Waals surface area contributed by atoms with E-state index in [9.17, 15) is 14.0 Å². The maximum absolute atomic E-state index is 13.8. The zero-order valence-electron chi connectivity index (χ0n) is 15.8. The fourth-order valence-corrected chi connectivity index (χ4v) is 3.53. The van der Waals surface area contributed by atoms with Crippen LogP contribution < -0.4 is 20.1 Å². The average molecular weight is 399 g/mol. The molecule has 2 aliphatic rings. The number of amides is 3. The number of benzene rings is 2. The number of nitrogens with zero attached hydrogens (tertiary/aromatic N) is 1.